The third kappa shape index (κ3) is 15.1. The predicted octanol–water partition coefficient (Wildman–Crippen LogP) is 6.68. The van der Waals surface area contributed by atoms with Crippen LogP contribution in [0.1, 0.15) is 40.5 Å². The highest BCUT2D eigenvalue weighted by atomic mass is 79.9. The molecule has 2 rings (SSSR count). The van der Waals surface area contributed by atoms with Crippen LogP contribution in [0, 0.1) is 11.8 Å². The van der Waals surface area contributed by atoms with Gasteiger partial charge in [0.25, 0.3) is 11.8 Å². The summed E-state index contributed by atoms with van der Waals surface area (Å²) in [6.07, 6.45) is -3.43. The van der Waals surface area contributed by atoms with Crippen LogP contribution in [0.3, 0.4) is 0 Å². The Bertz CT molecular complexity index is 1170. The quantitative estimate of drug-likeness (QED) is 0.108. The van der Waals surface area contributed by atoms with E-state index in [1.54, 1.807) is 48.5 Å². The first-order chi connectivity index (χ1) is 20.8. The van der Waals surface area contributed by atoms with Crippen molar-refractivity contribution >= 4 is 75.5 Å². The molecule has 0 saturated heterocycles. The van der Waals surface area contributed by atoms with Crippen molar-refractivity contribution in [2.75, 3.05) is 24.1 Å². The van der Waals surface area contributed by atoms with Crippen LogP contribution in [0.25, 0.3) is 0 Å². The summed E-state index contributed by atoms with van der Waals surface area (Å²) in [5.74, 6) is -1.27. The summed E-state index contributed by atoms with van der Waals surface area (Å²) in [6.45, 7) is 6.41. The molecule has 0 bridgehead atoms. The Kier molecular flexibility index (Phi) is 16.3. The van der Waals surface area contributed by atoms with Gasteiger partial charge in [-0.15, -0.1) is 0 Å². The van der Waals surface area contributed by atoms with Crippen LogP contribution in [0.5, 0.6) is 0 Å². The Morgan fingerprint density at radius 1 is 0.659 bits per heavy atom. The van der Waals surface area contributed by atoms with Crippen LogP contribution in [-0.2, 0) is 32.7 Å². The zero-order chi connectivity index (χ0) is 32.6. The molecule has 16 heteroatoms. The first-order valence-electron chi connectivity index (χ1n) is 13.6. The largest absolute Gasteiger partial charge is 0.701 e. The van der Waals surface area contributed by atoms with Gasteiger partial charge >= 0.3 is 20.4 Å². The van der Waals surface area contributed by atoms with Gasteiger partial charge in [-0.05, 0) is 73.2 Å². The molecule has 0 aliphatic heterocycles. The number of anilines is 2. The van der Waals surface area contributed by atoms with Gasteiger partial charge in [0.15, 0.2) is 25.7 Å². The lowest BCUT2D eigenvalue weighted by Gasteiger charge is -2.19. The summed E-state index contributed by atoms with van der Waals surface area (Å²) in [6, 6.07) is 13.6. The number of ether oxygens (including phenoxy) is 2. The maximum absolute atomic E-state index is 12.6. The molecule has 0 spiro atoms. The number of amides is 4. The van der Waals surface area contributed by atoms with Gasteiger partial charge in [-0.2, -0.15) is 0 Å². The molecule has 0 aliphatic rings. The fourth-order valence-electron chi connectivity index (χ4n) is 3.47. The Balaban J connectivity index is 1.77. The van der Waals surface area contributed by atoms with Crippen LogP contribution in [0.4, 0.5) is 21.0 Å². The van der Waals surface area contributed by atoms with E-state index < -0.39 is 57.9 Å². The van der Waals surface area contributed by atoms with E-state index in [4.69, 9.17) is 18.5 Å². The molecule has 2 aromatic rings. The average Bonchev–Trinajstić information content (AvgIpc) is 2.94. The van der Waals surface area contributed by atoms with Crippen LogP contribution in [0.2, 0.25) is 0 Å². The van der Waals surface area contributed by atoms with Crippen molar-refractivity contribution in [3.63, 3.8) is 0 Å². The molecule has 44 heavy (non-hydrogen) atoms. The fraction of sp³-hybridized carbons (Fsp3) is 0.429. The molecule has 13 nitrogen and oxygen atoms in total. The van der Waals surface area contributed by atoms with Gasteiger partial charge in [0.1, 0.15) is 0 Å². The second-order valence-electron chi connectivity index (χ2n) is 10.2. The summed E-state index contributed by atoms with van der Waals surface area (Å²) >= 11 is 6.62. The second-order valence-corrected chi connectivity index (χ2v) is 13.0. The third-order valence-corrected chi connectivity index (χ3v) is 7.21. The van der Waals surface area contributed by atoms with Gasteiger partial charge in [0.2, 0.25) is 0 Å². The monoisotopic (exact) mass is 761 g/mol. The highest BCUT2D eigenvalue weighted by Gasteiger charge is 2.28. The summed E-state index contributed by atoms with van der Waals surface area (Å²) in [5.41, 5.74) is 0.968. The van der Waals surface area contributed by atoms with Crippen molar-refractivity contribution in [1.29, 1.82) is 0 Å². The van der Waals surface area contributed by atoms with Gasteiger partial charge in [-0.1, -0.05) is 68.6 Å². The zero-order valence-corrected chi connectivity index (χ0v) is 28.7. The Hall–Kier alpha value is -3.10. The van der Waals surface area contributed by atoms with Crippen molar-refractivity contribution in [3.8, 4) is 0 Å². The highest BCUT2D eigenvalue weighted by molar-refractivity contribution is 9.10. The minimum Gasteiger partial charge on any atom is -0.436 e. The lowest BCUT2D eigenvalue weighted by atomic mass is 10.1. The zero-order valence-electron chi connectivity index (χ0n) is 24.6. The maximum atomic E-state index is 12.6. The number of hydrogen-bond donors (Lipinski definition) is 4. The van der Waals surface area contributed by atoms with Crippen LogP contribution < -0.4 is 21.3 Å². The van der Waals surface area contributed by atoms with Crippen LogP contribution in [-0.4, -0.2) is 49.7 Å². The van der Waals surface area contributed by atoms with E-state index in [0.717, 1.165) is 8.95 Å². The molecule has 2 aromatic carbocycles. The molecule has 0 unspecified atom stereocenters. The molecule has 4 amide bonds. The Morgan fingerprint density at radius 3 is 1.32 bits per heavy atom. The predicted molar refractivity (Wildman–Crippen MR) is 171 cm³/mol. The first-order valence-corrected chi connectivity index (χ1v) is 16.3. The average molecular weight is 763 g/mol. The lowest BCUT2D eigenvalue weighted by molar-refractivity contribution is -0.131. The number of nitrogens with one attached hydrogen (secondary N) is 4. The minimum atomic E-state index is -2.75. The maximum Gasteiger partial charge on any atom is 0.701 e. The fourth-order valence-corrected chi connectivity index (χ4v) is 4.41. The molecular formula is C28H36Br2N4O9P+. The third-order valence-electron chi connectivity index (χ3n) is 5.47. The summed E-state index contributed by atoms with van der Waals surface area (Å²) in [5, 5.41) is 9.87. The van der Waals surface area contributed by atoms with Crippen molar-refractivity contribution < 1.29 is 42.3 Å². The topological polar surface area (TPSA) is 170 Å². The molecule has 0 heterocycles. The minimum absolute atomic E-state index is 0.0195. The number of rotatable bonds is 16. The van der Waals surface area contributed by atoms with E-state index >= 15 is 0 Å². The van der Waals surface area contributed by atoms with E-state index in [0.29, 0.717) is 11.4 Å². The van der Waals surface area contributed by atoms with E-state index in [2.05, 4.69) is 53.1 Å². The smallest absolute Gasteiger partial charge is 0.436 e. The highest BCUT2D eigenvalue weighted by Crippen LogP contribution is 2.22. The first kappa shape index (κ1) is 37.1. The second kappa shape index (κ2) is 19.3. The molecule has 0 saturated carbocycles. The van der Waals surface area contributed by atoms with Gasteiger partial charge in [-0.3, -0.25) is 20.2 Å². The van der Waals surface area contributed by atoms with Gasteiger partial charge in [0, 0.05) is 24.9 Å². The van der Waals surface area contributed by atoms with Gasteiger partial charge < -0.3 is 20.1 Å². The molecule has 0 aliphatic carbocycles. The van der Waals surface area contributed by atoms with Crippen LogP contribution in [0.15, 0.2) is 57.5 Å². The van der Waals surface area contributed by atoms with E-state index in [9.17, 15) is 23.7 Å². The van der Waals surface area contributed by atoms with Crippen molar-refractivity contribution in [2.24, 2.45) is 11.8 Å². The summed E-state index contributed by atoms with van der Waals surface area (Å²) in [4.78, 5) is 49.9. The molecule has 0 fully saturated rings. The summed E-state index contributed by atoms with van der Waals surface area (Å²) in [7, 11) is -2.75. The van der Waals surface area contributed by atoms with E-state index in [-0.39, 0.29) is 24.7 Å². The number of carbonyl (C=O) groups excluding carboxylic acids is 4. The van der Waals surface area contributed by atoms with E-state index in [1.165, 1.54) is 0 Å². The number of benzene rings is 2. The summed E-state index contributed by atoms with van der Waals surface area (Å²) < 4.78 is 34.3. The molecular weight excluding hydrogens is 727 g/mol. The standard InChI is InChI=1S/C28H35Br2N4O9P/c1-17(2)13-23(42-27(37)33-21-9-5-19(29)6-10-21)25(35)31-15-40-44(39)41-16-32-26(36)24(14-18(3)4)43-28(38)34-22-11-7-20(30)8-12-22/h5-12,17-18,23-24H,13-16H2,1-4H3,(H3-,31,32,33,34,35,36,37,38)/p+1/t23-,24-/m0/s1. The van der Waals surface area contributed by atoms with Crippen molar-refractivity contribution in [2.45, 2.75) is 52.7 Å². The van der Waals surface area contributed by atoms with Crippen molar-refractivity contribution in [3.05, 3.63) is 57.5 Å². The van der Waals surface area contributed by atoms with Gasteiger partial charge in [0.05, 0.1) is 0 Å². The van der Waals surface area contributed by atoms with Gasteiger partial charge in [-0.25, -0.2) is 9.59 Å². The molecule has 0 radical (unpaired) electrons. The molecule has 240 valence electrons. The molecule has 4 N–H and O–H groups in total. The van der Waals surface area contributed by atoms with E-state index in [1.807, 2.05) is 27.7 Å². The normalized spacial score (nSPS) is 12.2. The molecule has 0 aromatic heterocycles. The number of hydrogen-bond acceptors (Lipinski definition) is 9. The Morgan fingerprint density at radius 2 is 1.00 bits per heavy atom. The molecule has 2 atom stereocenters. The number of halogens is 2. The van der Waals surface area contributed by atoms with Crippen molar-refractivity contribution in [1.82, 2.24) is 10.6 Å². The lowest BCUT2D eigenvalue weighted by Crippen LogP contribution is -2.40. The number of carbonyl (C=O) groups is 4. The van der Waals surface area contributed by atoms with Crippen LogP contribution >= 0.6 is 40.1 Å². The SMILES string of the molecule is CC(C)C[C@H](OC(=O)Nc1ccc(Br)cc1)C(=O)NCO[P+](=O)OCNC(=O)[C@H](CC(C)C)OC(=O)Nc1ccc(Br)cc1. The Labute approximate surface area is 273 Å².